The SMILES string of the molecule is COc1ccc(-c2ccc(Cl)nn2)c(OCC(O)CNC(C)C)c1. The van der Waals surface area contributed by atoms with E-state index in [0.29, 0.717) is 34.9 Å². The minimum absolute atomic E-state index is 0.154. The number of hydrogen-bond acceptors (Lipinski definition) is 6. The number of ether oxygens (including phenoxy) is 2. The van der Waals surface area contributed by atoms with Gasteiger partial charge in [-0.15, -0.1) is 10.2 Å². The van der Waals surface area contributed by atoms with E-state index in [4.69, 9.17) is 21.1 Å². The molecule has 6 nitrogen and oxygen atoms in total. The third-order valence-electron chi connectivity index (χ3n) is 3.29. The molecule has 0 aliphatic rings. The highest BCUT2D eigenvalue weighted by atomic mass is 35.5. The Balaban J connectivity index is 2.15. The van der Waals surface area contributed by atoms with Crippen LogP contribution in [-0.4, -0.2) is 47.7 Å². The van der Waals surface area contributed by atoms with E-state index in [0.717, 1.165) is 5.56 Å². The van der Waals surface area contributed by atoms with Crippen LogP contribution in [0.1, 0.15) is 13.8 Å². The molecule has 0 aliphatic carbocycles. The van der Waals surface area contributed by atoms with Crippen molar-refractivity contribution in [3.63, 3.8) is 0 Å². The monoisotopic (exact) mass is 351 g/mol. The quantitative estimate of drug-likeness (QED) is 0.761. The average molecular weight is 352 g/mol. The van der Waals surface area contributed by atoms with Crippen LogP contribution in [0.5, 0.6) is 11.5 Å². The zero-order valence-electron chi connectivity index (χ0n) is 14.0. The normalized spacial score (nSPS) is 12.2. The number of nitrogens with zero attached hydrogens (tertiary/aromatic N) is 2. The van der Waals surface area contributed by atoms with Crippen LogP contribution in [0.15, 0.2) is 30.3 Å². The Bertz CT molecular complexity index is 650. The maximum Gasteiger partial charge on any atom is 0.151 e. The lowest BCUT2D eigenvalue weighted by Gasteiger charge is -2.17. The summed E-state index contributed by atoms with van der Waals surface area (Å²) in [6.45, 7) is 4.65. The molecule has 1 aromatic carbocycles. The van der Waals surface area contributed by atoms with Crippen LogP contribution in [0, 0.1) is 0 Å². The van der Waals surface area contributed by atoms with E-state index in [-0.39, 0.29) is 6.61 Å². The van der Waals surface area contributed by atoms with Gasteiger partial charge in [0.25, 0.3) is 0 Å². The third-order valence-corrected chi connectivity index (χ3v) is 3.49. The van der Waals surface area contributed by atoms with Crippen LogP contribution in [0.25, 0.3) is 11.3 Å². The first-order valence-corrected chi connectivity index (χ1v) is 8.09. The molecule has 0 bridgehead atoms. The Morgan fingerprint density at radius 3 is 2.62 bits per heavy atom. The Labute approximate surface area is 146 Å². The van der Waals surface area contributed by atoms with Gasteiger partial charge in [-0.05, 0) is 24.3 Å². The number of rotatable bonds is 8. The first-order chi connectivity index (χ1) is 11.5. The maximum absolute atomic E-state index is 10.0. The molecule has 0 amide bonds. The molecule has 130 valence electrons. The second-order valence-electron chi connectivity index (χ2n) is 5.63. The zero-order valence-corrected chi connectivity index (χ0v) is 14.7. The molecule has 2 N–H and O–H groups in total. The largest absolute Gasteiger partial charge is 0.497 e. The third kappa shape index (κ3) is 5.33. The van der Waals surface area contributed by atoms with Gasteiger partial charge < -0.3 is 19.9 Å². The van der Waals surface area contributed by atoms with Gasteiger partial charge in [0.15, 0.2) is 5.15 Å². The zero-order chi connectivity index (χ0) is 17.5. The molecule has 0 spiro atoms. The molecule has 0 saturated carbocycles. The predicted molar refractivity (Wildman–Crippen MR) is 93.7 cm³/mol. The summed E-state index contributed by atoms with van der Waals surface area (Å²) in [6.07, 6.45) is -0.622. The number of aliphatic hydroxyl groups is 1. The highest BCUT2D eigenvalue weighted by Gasteiger charge is 2.13. The molecule has 2 aromatic rings. The standard InChI is InChI=1S/C17H22ClN3O3/c1-11(2)19-9-12(22)10-24-16-8-13(23-3)4-5-14(16)15-6-7-17(18)21-20-15/h4-8,11-12,19,22H,9-10H2,1-3H3. The molecule has 7 heteroatoms. The highest BCUT2D eigenvalue weighted by molar-refractivity contribution is 6.29. The second kappa shape index (κ2) is 8.82. The van der Waals surface area contributed by atoms with Crippen molar-refractivity contribution < 1.29 is 14.6 Å². The Hall–Kier alpha value is -1.89. The van der Waals surface area contributed by atoms with Crippen LogP contribution in [0.3, 0.4) is 0 Å². The number of aromatic nitrogens is 2. The van der Waals surface area contributed by atoms with E-state index in [1.807, 2.05) is 26.0 Å². The summed E-state index contributed by atoms with van der Waals surface area (Å²) < 4.78 is 11.0. The topological polar surface area (TPSA) is 76.5 Å². The summed E-state index contributed by atoms with van der Waals surface area (Å²) in [6, 6.07) is 9.14. The van der Waals surface area contributed by atoms with Crippen molar-refractivity contribution in [2.75, 3.05) is 20.3 Å². The van der Waals surface area contributed by atoms with Crippen LogP contribution in [-0.2, 0) is 0 Å². The van der Waals surface area contributed by atoms with E-state index in [1.54, 1.807) is 25.3 Å². The molecular weight excluding hydrogens is 330 g/mol. The van der Waals surface area contributed by atoms with Gasteiger partial charge in [0, 0.05) is 24.2 Å². The summed E-state index contributed by atoms with van der Waals surface area (Å²) in [5.41, 5.74) is 1.39. The van der Waals surface area contributed by atoms with Crippen molar-refractivity contribution in [3.8, 4) is 22.8 Å². The maximum atomic E-state index is 10.0. The first kappa shape index (κ1) is 18.4. The van der Waals surface area contributed by atoms with Gasteiger partial charge in [0.1, 0.15) is 24.2 Å². The highest BCUT2D eigenvalue weighted by Crippen LogP contribution is 2.32. The Morgan fingerprint density at radius 2 is 2.00 bits per heavy atom. The number of benzene rings is 1. The van der Waals surface area contributed by atoms with Crippen molar-refractivity contribution in [2.45, 2.75) is 26.0 Å². The molecule has 0 aliphatic heterocycles. The van der Waals surface area contributed by atoms with Crippen LogP contribution < -0.4 is 14.8 Å². The fourth-order valence-corrected chi connectivity index (χ4v) is 2.14. The number of methoxy groups -OCH3 is 1. The minimum Gasteiger partial charge on any atom is -0.497 e. The molecule has 2 rings (SSSR count). The van der Waals surface area contributed by atoms with Crippen LogP contribution in [0.2, 0.25) is 5.15 Å². The van der Waals surface area contributed by atoms with Crippen molar-refractivity contribution in [1.29, 1.82) is 0 Å². The number of aliphatic hydroxyl groups excluding tert-OH is 1. The predicted octanol–water partition coefficient (Wildman–Crippen LogP) is 2.54. The fourth-order valence-electron chi connectivity index (χ4n) is 2.04. The van der Waals surface area contributed by atoms with Crippen LogP contribution in [0.4, 0.5) is 0 Å². The van der Waals surface area contributed by atoms with Crippen molar-refractivity contribution >= 4 is 11.6 Å². The van der Waals surface area contributed by atoms with Gasteiger partial charge >= 0.3 is 0 Å². The second-order valence-corrected chi connectivity index (χ2v) is 6.02. The smallest absolute Gasteiger partial charge is 0.151 e. The van der Waals surface area contributed by atoms with Gasteiger partial charge in [-0.3, -0.25) is 0 Å². The van der Waals surface area contributed by atoms with Crippen molar-refractivity contribution in [1.82, 2.24) is 15.5 Å². The van der Waals surface area contributed by atoms with E-state index in [2.05, 4.69) is 15.5 Å². The van der Waals surface area contributed by atoms with E-state index in [9.17, 15) is 5.11 Å². The lowest BCUT2D eigenvalue weighted by molar-refractivity contribution is 0.105. The number of nitrogens with one attached hydrogen (secondary N) is 1. The Morgan fingerprint density at radius 1 is 1.21 bits per heavy atom. The first-order valence-electron chi connectivity index (χ1n) is 7.71. The van der Waals surface area contributed by atoms with Gasteiger partial charge in [-0.25, -0.2) is 0 Å². The summed E-state index contributed by atoms with van der Waals surface area (Å²) in [4.78, 5) is 0. The molecule has 24 heavy (non-hydrogen) atoms. The molecule has 0 radical (unpaired) electrons. The molecule has 1 unspecified atom stereocenters. The van der Waals surface area contributed by atoms with Gasteiger partial charge in [0.05, 0.1) is 12.8 Å². The fraction of sp³-hybridized carbons (Fsp3) is 0.412. The molecule has 0 saturated heterocycles. The average Bonchev–Trinajstić information content (AvgIpc) is 2.58. The van der Waals surface area contributed by atoms with E-state index < -0.39 is 6.10 Å². The van der Waals surface area contributed by atoms with Gasteiger partial charge in [-0.1, -0.05) is 25.4 Å². The lowest BCUT2D eigenvalue weighted by atomic mass is 10.1. The molecule has 1 aromatic heterocycles. The van der Waals surface area contributed by atoms with Gasteiger partial charge in [0.2, 0.25) is 0 Å². The van der Waals surface area contributed by atoms with E-state index in [1.165, 1.54) is 0 Å². The van der Waals surface area contributed by atoms with E-state index >= 15 is 0 Å². The van der Waals surface area contributed by atoms with Crippen molar-refractivity contribution in [3.05, 3.63) is 35.5 Å². The minimum atomic E-state index is -0.622. The molecule has 0 fully saturated rings. The molecular formula is C17H22ClN3O3. The summed E-state index contributed by atoms with van der Waals surface area (Å²) in [5, 5.41) is 21.4. The summed E-state index contributed by atoms with van der Waals surface area (Å²) in [5.74, 6) is 1.22. The Kier molecular flexibility index (Phi) is 6.78. The van der Waals surface area contributed by atoms with Crippen LogP contribution >= 0.6 is 11.6 Å². The molecule has 1 atom stereocenters. The summed E-state index contributed by atoms with van der Waals surface area (Å²) in [7, 11) is 1.59. The van der Waals surface area contributed by atoms with Crippen molar-refractivity contribution in [2.24, 2.45) is 0 Å². The number of hydrogen-bond donors (Lipinski definition) is 2. The lowest BCUT2D eigenvalue weighted by Crippen LogP contribution is -2.35. The summed E-state index contributed by atoms with van der Waals surface area (Å²) >= 11 is 5.78. The molecule has 1 heterocycles. The number of halogens is 1. The van der Waals surface area contributed by atoms with Gasteiger partial charge in [-0.2, -0.15) is 0 Å².